The van der Waals surface area contributed by atoms with Crippen molar-refractivity contribution in [2.45, 2.75) is 77.0 Å². The molecule has 1 fully saturated rings. The van der Waals surface area contributed by atoms with Crippen LogP contribution < -0.4 is 5.32 Å². The van der Waals surface area contributed by atoms with Crippen LogP contribution in [-0.4, -0.2) is 23.7 Å². The largest absolute Gasteiger partial charge is 0.460 e. The van der Waals surface area contributed by atoms with Crippen LogP contribution in [-0.2, 0) is 14.3 Å². The number of alkyl halides is 3. The van der Waals surface area contributed by atoms with Crippen molar-refractivity contribution >= 4 is 40.8 Å². The summed E-state index contributed by atoms with van der Waals surface area (Å²) in [7, 11) is 0. The minimum atomic E-state index is -4.60. The predicted octanol–water partition coefficient (Wildman–Crippen LogP) is 8.53. The van der Waals surface area contributed by atoms with E-state index in [1.807, 2.05) is 0 Å². The van der Waals surface area contributed by atoms with E-state index in [0.29, 0.717) is 10.9 Å². The highest BCUT2D eigenvalue weighted by Gasteiger charge is 2.45. The van der Waals surface area contributed by atoms with Gasteiger partial charge in [-0.15, -0.1) is 0 Å². The lowest BCUT2D eigenvalue weighted by molar-refractivity contribution is -0.178. The Balaban J connectivity index is 1.88. The van der Waals surface area contributed by atoms with Gasteiger partial charge in [-0.25, -0.2) is 0 Å². The van der Waals surface area contributed by atoms with Crippen molar-refractivity contribution in [3.05, 3.63) is 63.6 Å². The monoisotopic (exact) mass is 557 g/mol. The molecule has 9 heteroatoms. The quantitative estimate of drug-likeness (QED) is 0.314. The van der Waals surface area contributed by atoms with Gasteiger partial charge >= 0.3 is 12.1 Å². The second-order valence-electron chi connectivity index (χ2n) is 10.8. The van der Waals surface area contributed by atoms with Gasteiger partial charge in [0.25, 0.3) is 0 Å². The minimum Gasteiger partial charge on any atom is -0.460 e. The Kier molecular flexibility index (Phi) is 9.23. The SMILES string of the molecule is CC(C(C(=O)Nc1cc(C(CC(=O)OC(C)(C)C)CC2CC2)ccc1Cl)c1ccc(Cl)cc1)C(F)(F)F. The average Bonchev–Trinajstić information content (AvgIpc) is 3.58. The summed E-state index contributed by atoms with van der Waals surface area (Å²) < 4.78 is 46.6. The molecule has 37 heavy (non-hydrogen) atoms. The molecule has 2 aromatic carbocycles. The molecule has 3 rings (SSSR count). The lowest BCUT2D eigenvalue weighted by atomic mass is 9.85. The molecule has 0 bridgehead atoms. The fourth-order valence-corrected chi connectivity index (χ4v) is 4.60. The summed E-state index contributed by atoms with van der Waals surface area (Å²) in [5, 5.41) is 3.15. The van der Waals surface area contributed by atoms with E-state index in [1.54, 1.807) is 39.0 Å². The summed E-state index contributed by atoms with van der Waals surface area (Å²) >= 11 is 12.3. The first-order chi connectivity index (χ1) is 17.1. The van der Waals surface area contributed by atoms with Gasteiger partial charge in [0, 0.05) is 5.02 Å². The molecule has 2 aromatic rings. The van der Waals surface area contributed by atoms with E-state index >= 15 is 0 Å². The van der Waals surface area contributed by atoms with Gasteiger partial charge in [-0.2, -0.15) is 13.2 Å². The molecule has 3 unspecified atom stereocenters. The molecule has 0 heterocycles. The van der Waals surface area contributed by atoms with Crippen molar-refractivity contribution in [1.29, 1.82) is 0 Å². The number of rotatable bonds is 9. The summed E-state index contributed by atoms with van der Waals surface area (Å²) in [5.41, 5.74) is 0.536. The maximum Gasteiger partial charge on any atom is 0.392 e. The van der Waals surface area contributed by atoms with Gasteiger partial charge < -0.3 is 10.1 Å². The number of hydrogen-bond donors (Lipinski definition) is 1. The molecule has 1 aliphatic carbocycles. The van der Waals surface area contributed by atoms with Gasteiger partial charge in [0.05, 0.1) is 29.0 Å². The molecule has 0 saturated heterocycles. The highest BCUT2D eigenvalue weighted by molar-refractivity contribution is 6.33. The molecular weight excluding hydrogens is 526 g/mol. The van der Waals surface area contributed by atoms with Gasteiger partial charge in [-0.3, -0.25) is 9.59 Å². The number of anilines is 1. The maximum absolute atomic E-state index is 13.7. The maximum atomic E-state index is 13.7. The molecule has 3 atom stereocenters. The standard InChI is InChI=1S/C28H32Cl2F3NO3/c1-16(28(31,32)33)25(18-7-10-21(29)11-8-18)26(36)34-23-14-19(9-12-22(23)30)20(13-17-5-6-17)15-24(35)37-27(2,3)4/h7-12,14,16-17,20,25H,5-6,13,15H2,1-4H3,(H,34,36). The van der Waals surface area contributed by atoms with Gasteiger partial charge in [-0.1, -0.05) is 61.2 Å². The van der Waals surface area contributed by atoms with Crippen molar-refractivity contribution in [1.82, 2.24) is 0 Å². The van der Waals surface area contributed by atoms with E-state index in [2.05, 4.69) is 5.32 Å². The van der Waals surface area contributed by atoms with Crippen LogP contribution in [0.1, 0.15) is 76.3 Å². The third-order valence-corrected chi connectivity index (χ3v) is 6.98. The van der Waals surface area contributed by atoms with E-state index in [9.17, 15) is 22.8 Å². The fourth-order valence-electron chi connectivity index (χ4n) is 4.31. The van der Waals surface area contributed by atoms with Crippen LogP contribution in [0.25, 0.3) is 0 Å². The smallest absolute Gasteiger partial charge is 0.392 e. The molecule has 0 aromatic heterocycles. The molecular formula is C28H32Cl2F3NO3. The number of benzene rings is 2. The second-order valence-corrected chi connectivity index (χ2v) is 11.6. The Morgan fingerprint density at radius 2 is 1.62 bits per heavy atom. The Hall–Kier alpha value is -2.25. The van der Waals surface area contributed by atoms with Crippen molar-refractivity contribution in [3.63, 3.8) is 0 Å². The summed E-state index contributed by atoms with van der Waals surface area (Å²) in [6.45, 7) is 6.38. The zero-order chi connectivity index (χ0) is 27.5. The third-order valence-electron chi connectivity index (χ3n) is 6.40. The van der Waals surface area contributed by atoms with E-state index < -0.39 is 29.5 Å². The molecule has 202 valence electrons. The zero-order valence-corrected chi connectivity index (χ0v) is 22.8. The normalized spacial score (nSPS) is 16.6. The summed E-state index contributed by atoms with van der Waals surface area (Å²) in [5.74, 6) is -4.30. The number of amides is 1. The molecule has 0 aliphatic heterocycles. The second kappa shape index (κ2) is 11.6. The topological polar surface area (TPSA) is 55.4 Å². The van der Waals surface area contributed by atoms with Crippen molar-refractivity contribution in [3.8, 4) is 0 Å². The van der Waals surface area contributed by atoms with Crippen molar-refractivity contribution in [2.75, 3.05) is 5.32 Å². The highest BCUT2D eigenvalue weighted by Crippen LogP contribution is 2.42. The Morgan fingerprint density at radius 3 is 2.16 bits per heavy atom. The van der Waals surface area contributed by atoms with Crippen LogP contribution in [0.15, 0.2) is 42.5 Å². The molecule has 0 radical (unpaired) electrons. The number of esters is 1. The van der Waals surface area contributed by atoms with E-state index in [4.69, 9.17) is 27.9 Å². The first-order valence-corrected chi connectivity index (χ1v) is 13.0. The van der Waals surface area contributed by atoms with Gasteiger partial charge in [0.1, 0.15) is 5.60 Å². The van der Waals surface area contributed by atoms with Gasteiger partial charge in [0.15, 0.2) is 0 Å². The number of halogens is 5. The Morgan fingerprint density at radius 1 is 1.03 bits per heavy atom. The third kappa shape index (κ3) is 8.64. The summed E-state index contributed by atoms with van der Waals surface area (Å²) in [6, 6.07) is 10.8. The Bertz CT molecular complexity index is 1110. The number of nitrogens with one attached hydrogen (secondary N) is 1. The molecule has 4 nitrogen and oxygen atoms in total. The van der Waals surface area contributed by atoms with Crippen LogP contribution in [0.4, 0.5) is 18.9 Å². The molecule has 1 saturated carbocycles. The lowest BCUT2D eigenvalue weighted by Gasteiger charge is -2.26. The fraction of sp³-hybridized carbons (Fsp3) is 0.500. The molecule has 0 spiro atoms. The average molecular weight is 558 g/mol. The van der Waals surface area contributed by atoms with Crippen LogP contribution >= 0.6 is 23.2 Å². The van der Waals surface area contributed by atoms with Crippen molar-refractivity contribution in [2.24, 2.45) is 11.8 Å². The summed E-state index contributed by atoms with van der Waals surface area (Å²) in [6.07, 6.45) is -1.51. The first kappa shape index (κ1) is 29.3. The number of hydrogen-bond acceptors (Lipinski definition) is 3. The number of carbonyl (C=O) groups is 2. The van der Waals surface area contributed by atoms with Crippen LogP contribution in [0.2, 0.25) is 10.0 Å². The van der Waals surface area contributed by atoms with Gasteiger partial charge in [0.2, 0.25) is 5.91 Å². The molecule has 1 aliphatic rings. The minimum absolute atomic E-state index is 0.154. The molecule has 1 amide bonds. The molecule has 1 N–H and O–H groups in total. The zero-order valence-electron chi connectivity index (χ0n) is 21.3. The predicted molar refractivity (Wildman–Crippen MR) is 140 cm³/mol. The van der Waals surface area contributed by atoms with E-state index in [-0.39, 0.29) is 34.6 Å². The van der Waals surface area contributed by atoms with E-state index in [0.717, 1.165) is 31.7 Å². The first-order valence-electron chi connectivity index (χ1n) is 12.3. The summed E-state index contributed by atoms with van der Waals surface area (Å²) in [4.78, 5) is 25.8. The van der Waals surface area contributed by atoms with E-state index in [1.165, 1.54) is 24.3 Å². The Labute approximate surface area is 225 Å². The number of carbonyl (C=O) groups excluding carboxylic acids is 2. The van der Waals surface area contributed by atoms with Crippen LogP contribution in [0, 0.1) is 11.8 Å². The van der Waals surface area contributed by atoms with Crippen LogP contribution in [0.5, 0.6) is 0 Å². The highest BCUT2D eigenvalue weighted by atomic mass is 35.5. The number of ether oxygens (including phenoxy) is 1. The van der Waals surface area contributed by atoms with Crippen LogP contribution in [0.3, 0.4) is 0 Å². The van der Waals surface area contributed by atoms with Crippen molar-refractivity contribution < 1.29 is 27.5 Å². The lowest BCUT2D eigenvalue weighted by Crippen LogP contribution is -2.34. The van der Waals surface area contributed by atoms with Gasteiger partial charge in [-0.05, 0) is 74.4 Å².